The maximum absolute atomic E-state index is 13.6. The molecule has 0 amide bonds. The molecule has 0 saturated heterocycles. The number of nitrogens with two attached hydrogens (primary N) is 1. The monoisotopic (exact) mass is 266 g/mol. The van der Waals surface area contributed by atoms with E-state index in [1.807, 2.05) is 0 Å². The van der Waals surface area contributed by atoms with Crippen molar-refractivity contribution in [2.75, 3.05) is 5.73 Å². The molecule has 3 N–H and O–H groups in total. The third-order valence-corrected chi connectivity index (χ3v) is 2.94. The number of benzene rings is 1. The summed E-state index contributed by atoms with van der Waals surface area (Å²) in [7, 11) is 0. The third kappa shape index (κ3) is 2.78. The van der Waals surface area contributed by atoms with Crippen LogP contribution < -0.4 is 5.73 Å². The first kappa shape index (κ1) is 12.8. The highest BCUT2D eigenvalue weighted by Crippen LogP contribution is 2.28. The van der Waals surface area contributed by atoms with Crippen LogP contribution in [-0.4, -0.2) is 10.1 Å². The minimum absolute atomic E-state index is 0.106. The van der Waals surface area contributed by atoms with Gasteiger partial charge >= 0.3 is 0 Å². The molecule has 0 aliphatic rings. The first-order valence-corrected chi connectivity index (χ1v) is 5.78. The van der Waals surface area contributed by atoms with Crippen LogP contribution in [0.1, 0.15) is 17.2 Å². The Hall–Kier alpha value is -1.65. The number of anilines is 1. The molecule has 0 radical (unpaired) electrons. The van der Waals surface area contributed by atoms with Crippen molar-refractivity contribution in [2.45, 2.75) is 12.5 Å². The second-order valence-electron chi connectivity index (χ2n) is 3.94. The van der Waals surface area contributed by atoms with Crippen LogP contribution in [0.5, 0.6) is 0 Å². The van der Waals surface area contributed by atoms with Gasteiger partial charge in [-0.3, -0.25) is 0 Å². The summed E-state index contributed by atoms with van der Waals surface area (Å²) in [6, 6.07) is 7.67. The molecule has 2 aromatic rings. The number of hydrogen-bond donors (Lipinski definition) is 2. The molecule has 3 nitrogen and oxygen atoms in total. The van der Waals surface area contributed by atoms with E-state index in [-0.39, 0.29) is 17.0 Å². The van der Waals surface area contributed by atoms with Crippen molar-refractivity contribution in [3.63, 3.8) is 0 Å². The van der Waals surface area contributed by atoms with Crippen molar-refractivity contribution >= 4 is 17.4 Å². The summed E-state index contributed by atoms with van der Waals surface area (Å²) in [5, 5.41) is 10.3. The predicted octanol–water partition coefficient (Wildman–Crippen LogP) is 2.73. The van der Waals surface area contributed by atoms with Crippen molar-refractivity contribution in [1.29, 1.82) is 0 Å². The SMILES string of the molecule is Nc1cc(CC(O)c2c(F)cccc2Cl)ccn1. The van der Waals surface area contributed by atoms with E-state index in [0.717, 1.165) is 5.56 Å². The fourth-order valence-electron chi connectivity index (χ4n) is 1.78. The molecule has 0 spiro atoms. The van der Waals surface area contributed by atoms with Gasteiger partial charge in [0.15, 0.2) is 0 Å². The lowest BCUT2D eigenvalue weighted by Crippen LogP contribution is -2.06. The molecule has 1 aromatic heterocycles. The maximum atomic E-state index is 13.6. The standard InChI is InChI=1S/C13H12ClFN2O/c14-9-2-1-3-10(15)13(9)11(18)6-8-4-5-17-12(16)7-8/h1-5,7,11,18H,6H2,(H2,16,17). The van der Waals surface area contributed by atoms with E-state index in [0.29, 0.717) is 5.82 Å². The number of rotatable bonds is 3. The van der Waals surface area contributed by atoms with E-state index < -0.39 is 11.9 Å². The van der Waals surface area contributed by atoms with Gasteiger partial charge in [0, 0.05) is 23.2 Å². The zero-order chi connectivity index (χ0) is 13.1. The molecule has 1 heterocycles. The molecule has 2 rings (SSSR count). The summed E-state index contributed by atoms with van der Waals surface area (Å²) in [6.07, 6.45) is 0.758. The van der Waals surface area contributed by atoms with Crippen LogP contribution in [-0.2, 0) is 6.42 Å². The fraction of sp³-hybridized carbons (Fsp3) is 0.154. The van der Waals surface area contributed by atoms with Crippen molar-refractivity contribution in [2.24, 2.45) is 0 Å². The number of nitrogens with zero attached hydrogens (tertiary/aromatic N) is 1. The van der Waals surface area contributed by atoms with E-state index in [9.17, 15) is 9.50 Å². The lowest BCUT2D eigenvalue weighted by atomic mass is 10.0. The summed E-state index contributed by atoms with van der Waals surface area (Å²) < 4.78 is 13.6. The average molecular weight is 267 g/mol. The Balaban J connectivity index is 2.25. The number of hydrogen-bond acceptors (Lipinski definition) is 3. The second kappa shape index (κ2) is 5.33. The molecule has 0 fully saturated rings. The van der Waals surface area contributed by atoms with Gasteiger partial charge in [-0.2, -0.15) is 0 Å². The van der Waals surface area contributed by atoms with Crippen molar-refractivity contribution < 1.29 is 9.50 Å². The Labute approximate surface area is 109 Å². The van der Waals surface area contributed by atoms with Gasteiger partial charge in [0.05, 0.1) is 6.10 Å². The number of pyridine rings is 1. The molecular weight excluding hydrogens is 255 g/mol. The van der Waals surface area contributed by atoms with E-state index >= 15 is 0 Å². The molecule has 0 aliphatic heterocycles. The molecule has 0 aliphatic carbocycles. The third-order valence-electron chi connectivity index (χ3n) is 2.61. The molecule has 1 unspecified atom stereocenters. The van der Waals surface area contributed by atoms with Crippen LogP contribution in [0.4, 0.5) is 10.2 Å². The average Bonchev–Trinajstić information content (AvgIpc) is 2.28. The molecule has 1 aromatic carbocycles. The first-order valence-electron chi connectivity index (χ1n) is 5.40. The summed E-state index contributed by atoms with van der Waals surface area (Å²) in [6.45, 7) is 0. The van der Waals surface area contributed by atoms with Gasteiger partial charge in [0.25, 0.3) is 0 Å². The summed E-state index contributed by atoms with van der Waals surface area (Å²) in [5.74, 6) is -0.156. The molecule has 94 valence electrons. The zero-order valence-electron chi connectivity index (χ0n) is 9.48. The van der Waals surface area contributed by atoms with Crippen molar-refractivity contribution in [3.8, 4) is 0 Å². The highest BCUT2D eigenvalue weighted by molar-refractivity contribution is 6.31. The number of aliphatic hydroxyl groups excluding tert-OH is 1. The lowest BCUT2D eigenvalue weighted by molar-refractivity contribution is 0.174. The van der Waals surface area contributed by atoms with Gasteiger partial charge in [-0.25, -0.2) is 9.37 Å². The summed E-state index contributed by atoms with van der Waals surface area (Å²) in [4.78, 5) is 3.85. The van der Waals surface area contributed by atoms with Crippen molar-refractivity contribution in [1.82, 2.24) is 4.98 Å². The van der Waals surface area contributed by atoms with Crippen molar-refractivity contribution in [3.05, 3.63) is 58.5 Å². The Morgan fingerprint density at radius 3 is 2.83 bits per heavy atom. The van der Waals surface area contributed by atoms with Crippen LogP contribution in [0.15, 0.2) is 36.5 Å². The van der Waals surface area contributed by atoms with E-state index in [1.165, 1.54) is 12.1 Å². The summed E-state index contributed by atoms with van der Waals surface area (Å²) >= 11 is 5.88. The van der Waals surface area contributed by atoms with Crippen LogP contribution in [0, 0.1) is 5.82 Å². The van der Waals surface area contributed by atoms with E-state index in [2.05, 4.69) is 4.98 Å². The molecular formula is C13H12ClFN2O. The topological polar surface area (TPSA) is 59.1 Å². The normalized spacial score (nSPS) is 12.4. The quantitative estimate of drug-likeness (QED) is 0.898. The Morgan fingerprint density at radius 2 is 2.17 bits per heavy atom. The highest BCUT2D eigenvalue weighted by Gasteiger charge is 2.17. The van der Waals surface area contributed by atoms with Crippen LogP contribution >= 0.6 is 11.6 Å². The summed E-state index contributed by atoms with van der Waals surface area (Å²) in [5.41, 5.74) is 6.42. The lowest BCUT2D eigenvalue weighted by Gasteiger charge is -2.13. The van der Waals surface area contributed by atoms with Crippen LogP contribution in [0.25, 0.3) is 0 Å². The second-order valence-corrected chi connectivity index (χ2v) is 4.35. The smallest absolute Gasteiger partial charge is 0.130 e. The molecule has 18 heavy (non-hydrogen) atoms. The number of nitrogen functional groups attached to an aromatic ring is 1. The maximum Gasteiger partial charge on any atom is 0.130 e. The molecule has 0 bridgehead atoms. The zero-order valence-corrected chi connectivity index (χ0v) is 10.2. The highest BCUT2D eigenvalue weighted by atomic mass is 35.5. The Kier molecular flexibility index (Phi) is 3.79. The Bertz CT molecular complexity index is 542. The molecule has 1 atom stereocenters. The van der Waals surface area contributed by atoms with Gasteiger partial charge in [-0.1, -0.05) is 17.7 Å². The molecule has 0 saturated carbocycles. The number of halogens is 2. The first-order chi connectivity index (χ1) is 8.58. The molecule has 5 heteroatoms. The van der Waals surface area contributed by atoms with Gasteiger partial charge in [0.1, 0.15) is 11.6 Å². The number of aromatic nitrogens is 1. The minimum atomic E-state index is -1.01. The van der Waals surface area contributed by atoms with Crippen LogP contribution in [0.3, 0.4) is 0 Å². The minimum Gasteiger partial charge on any atom is -0.388 e. The van der Waals surface area contributed by atoms with E-state index in [4.69, 9.17) is 17.3 Å². The number of aliphatic hydroxyl groups is 1. The Morgan fingerprint density at radius 1 is 1.39 bits per heavy atom. The van der Waals surface area contributed by atoms with Crippen LogP contribution in [0.2, 0.25) is 5.02 Å². The van der Waals surface area contributed by atoms with Gasteiger partial charge in [-0.15, -0.1) is 0 Å². The van der Waals surface area contributed by atoms with Gasteiger partial charge in [-0.05, 0) is 29.8 Å². The van der Waals surface area contributed by atoms with Gasteiger partial charge in [0.2, 0.25) is 0 Å². The fourth-order valence-corrected chi connectivity index (χ4v) is 2.06. The predicted molar refractivity (Wildman–Crippen MR) is 68.7 cm³/mol. The van der Waals surface area contributed by atoms with Gasteiger partial charge < -0.3 is 10.8 Å². The largest absolute Gasteiger partial charge is 0.388 e. The van der Waals surface area contributed by atoms with E-state index in [1.54, 1.807) is 24.4 Å².